The third kappa shape index (κ3) is 4.36. The number of fused-ring (bicyclic) bond motifs is 9. The van der Waals surface area contributed by atoms with Crippen LogP contribution in [-0.2, 0) is 10.8 Å². The molecule has 1 unspecified atom stereocenters. The van der Waals surface area contributed by atoms with Gasteiger partial charge in [-0.2, -0.15) is 0 Å². The van der Waals surface area contributed by atoms with Gasteiger partial charge >= 0.3 is 0 Å². The first-order valence-electron chi connectivity index (χ1n) is 18.2. The second-order valence-electron chi connectivity index (χ2n) is 15.4. The fourth-order valence-electron chi connectivity index (χ4n) is 9.16. The van der Waals surface area contributed by atoms with Gasteiger partial charge in [-0.3, -0.25) is 0 Å². The highest BCUT2D eigenvalue weighted by Crippen LogP contribution is 2.52. The minimum atomic E-state index is -0.120. The molecule has 0 radical (unpaired) electrons. The summed E-state index contributed by atoms with van der Waals surface area (Å²) in [7, 11) is 0. The fourth-order valence-corrected chi connectivity index (χ4v) is 9.16. The second-order valence-corrected chi connectivity index (χ2v) is 15.4. The van der Waals surface area contributed by atoms with E-state index in [1.165, 1.54) is 77.8 Å². The molecule has 2 nitrogen and oxygen atoms in total. The molecule has 0 fully saturated rings. The molecule has 6 aromatic carbocycles. The monoisotopic (exact) mass is 656 g/mol. The molecule has 0 amide bonds. The lowest BCUT2D eigenvalue weighted by molar-refractivity contribution is 0.611. The zero-order chi connectivity index (χ0) is 34.5. The highest BCUT2D eigenvalue weighted by molar-refractivity contribution is 6.10. The van der Waals surface area contributed by atoms with E-state index < -0.39 is 0 Å². The molecule has 0 spiro atoms. The van der Waals surface area contributed by atoms with Crippen molar-refractivity contribution in [1.82, 2.24) is 4.57 Å². The first kappa shape index (κ1) is 30.0. The van der Waals surface area contributed by atoms with Crippen molar-refractivity contribution in [2.75, 3.05) is 4.90 Å². The van der Waals surface area contributed by atoms with E-state index >= 15 is 0 Å². The topological polar surface area (TPSA) is 8.17 Å². The van der Waals surface area contributed by atoms with Crippen molar-refractivity contribution in [1.29, 1.82) is 0 Å². The molecule has 7 aromatic rings. The minimum absolute atomic E-state index is 0.0979. The molecule has 2 heteroatoms. The van der Waals surface area contributed by atoms with Gasteiger partial charge in [0, 0.05) is 50.3 Å². The zero-order valence-electron chi connectivity index (χ0n) is 29.6. The summed E-state index contributed by atoms with van der Waals surface area (Å²) in [5.41, 5.74) is 16.5. The molecule has 3 aliphatic carbocycles. The van der Waals surface area contributed by atoms with E-state index in [-0.39, 0.29) is 16.7 Å². The molecule has 0 N–H and O–H groups in total. The number of nitrogens with zero attached hydrogens (tertiary/aromatic N) is 2. The number of para-hydroxylation sites is 2. The first-order chi connectivity index (χ1) is 24.8. The van der Waals surface area contributed by atoms with Crippen molar-refractivity contribution in [2.24, 2.45) is 0 Å². The molecular formula is C49H40N2. The van der Waals surface area contributed by atoms with E-state index in [4.69, 9.17) is 0 Å². The Bertz CT molecular complexity index is 2640. The van der Waals surface area contributed by atoms with Crippen LogP contribution in [0.25, 0.3) is 38.6 Å². The van der Waals surface area contributed by atoms with Crippen molar-refractivity contribution in [2.45, 2.75) is 44.4 Å². The number of allylic oxidation sites excluding steroid dienone is 6. The zero-order valence-corrected chi connectivity index (χ0v) is 29.6. The smallest absolute Gasteiger partial charge is 0.0542 e. The summed E-state index contributed by atoms with van der Waals surface area (Å²) >= 11 is 0. The van der Waals surface area contributed by atoms with Crippen molar-refractivity contribution in [3.63, 3.8) is 0 Å². The van der Waals surface area contributed by atoms with Crippen molar-refractivity contribution >= 4 is 38.9 Å². The Labute approximate surface area is 300 Å². The molecule has 1 atom stereocenters. The van der Waals surface area contributed by atoms with Crippen LogP contribution in [0.2, 0.25) is 0 Å². The Morgan fingerprint density at radius 2 is 1.20 bits per heavy atom. The van der Waals surface area contributed by atoms with E-state index in [1.807, 2.05) is 0 Å². The van der Waals surface area contributed by atoms with Crippen molar-refractivity contribution < 1.29 is 0 Å². The van der Waals surface area contributed by atoms with Crippen molar-refractivity contribution in [3.8, 4) is 16.8 Å². The van der Waals surface area contributed by atoms with Gasteiger partial charge in [-0.1, -0.05) is 131 Å². The maximum Gasteiger partial charge on any atom is 0.0542 e. The number of aromatic nitrogens is 1. The maximum atomic E-state index is 2.49. The number of anilines is 3. The predicted molar refractivity (Wildman–Crippen MR) is 215 cm³/mol. The summed E-state index contributed by atoms with van der Waals surface area (Å²) in [5.74, 6) is 0.278. The molecule has 10 rings (SSSR count). The van der Waals surface area contributed by atoms with Crippen LogP contribution in [0.15, 0.2) is 169 Å². The molecule has 0 saturated carbocycles. The minimum Gasteiger partial charge on any atom is -0.310 e. The largest absolute Gasteiger partial charge is 0.310 e. The lowest BCUT2D eigenvalue weighted by atomic mass is 9.68. The summed E-state index contributed by atoms with van der Waals surface area (Å²) < 4.78 is 2.39. The summed E-state index contributed by atoms with van der Waals surface area (Å²) in [6, 6.07) is 49.8. The molecule has 3 aliphatic rings. The van der Waals surface area contributed by atoms with Crippen LogP contribution in [0.4, 0.5) is 17.1 Å². The predicted octanol–water partition coefficient (Wildman–Crippen LogP) is 13.0. The molecule has 51 heavy (non-hydrogen) atoms. The highest BCUT2D eigenvalue weighted by Gasteiger charge is 2.37. The van der Waals surface area contributed by atoms with Gasteiger partial charge in [0.25, 0.3) is 0 Å². The van der Waals surface area contributed by atoms with Crippen LogP contribution in [0.5, 0.6) is 0 Å². The molecule has 1 aromatic heterocycles. The fraction of sp³-hybridized carbons (Fsp3) is 0.143. The van der Waals surface area contributed by atoms with Gasteiger partial charge in [0.2, 0.25) is 0 Å². The summed E-state index contributed by atoms with van der Waals surface area (Å²) in [5, 5.41) is 2.50. The maximum absolute atomic E-state index is 2.49. The van der Waals surface area contributed by atoms with Crippen LogP contribution in [0, 0.1) is 0 Å². The number of hydrogen-bond acceptors (Lipinski definition) is 1. The molecule has 1 heterocycles. The third-order valence-corrected chi connectivity index (χ3v) is 11.9. The number of benzene rings is 6. The highest BCUT2D eigenvalue weighted by atomic mass is 15.1. The lowest BCUT2D eigenvalue weighted by Gasteiger charge is -2.37. The summed E-state index contributed by atoms with van der Waals surface area (Å²) in [4.78, 5) is 2.49. The van der Waals surface area contributed by atoms with Crippen molar-refractivity contribution in [3.05, 3.63) is 192 Å². The van der Waals surface area contributed by atoms with E-state index in [2.05, 4.69) is 201 Å². The standard InChI is InChI=1S/C49H40N2/c1-48(2)33-15-9-8-14-32(28-33)38-25-22-36(30-44(38)48)50(37-23-26-40-39-18-10-12-20-43(39)49(3,4)45(40)31-37)35-24-27-47-42(29-35)41-19-11-13-21-46(41)51(47)34-16-6-5-7-17-34/h5-32H,1-4H3. The molecular weight excluding hydrogens is 617 g/mol. The van der Waals surface area contributed by atoms with Crippen LogP contribution in [-0.4, -0.2) is 4.57 Å². The van der Waals surface area contributed by atoms with Crippen LogP contribution in [0.1, 0.15) is 55.9 Å². The Hall–Kier alpha value is -5.86. The first-order valence-corrected chi connectivity index (χ1v) is 18.2. The van der Waals surface area contributed by atoms with Gasteiger partial charge in [0.05, 0.1) is 11.0 Å². The Morgan fingerprint density at radius 1 is 0.529 bits per heavy atom. The Balaban J connectivity index is 1.21. The normalized spacial score (nSPS) is 17.5. The molecule has 0 aliphatic heterocycles. The van der Waals surface area contributed by atoms with Gasteiger partial charge < -0.3 is 9.47 Å². The van der Waals surface area contributed by atoms with Gasteiger partial charge in [0.15, 0.2) is 0 Å². The van der Waals surface area contributed by atoms with E-state index in [0.717, 1.165) is 5.69 Å². The van der Waals surface area contributed by atoms with Gasteiger partial charge in [-0.25, -0.2) is 0 Å². The Kier molecular flexibility index (Phi) is 6.36. The van der Waals surface area contributed by atoms with E-state index in [9.17, 15) is 0 Å². The third-order valence-electron chi connectivity index (χ3n) is 11.9. The van der Waals surface area contributed by atoms with Gasteiger partial charge in [-0.05, 0) is 99.6 Å². The van der Waals surface area contributed by atoms with E-state index in [1.54, 1.807) is 0 Å². The number of hydrogen-bond donors (Lipinski definition) is 0. The SMILES string of the molecule is CC1(C)C2=CC(C=CC=C2)c2ccc(N(c3ccc4c(c3)C(C)(C)c3ccccc3-4)c3ccc4c(c3)c3ccccc3n4-c3ccccc3)cc21. The second kappa shape index (κ2) is 10.8. The average molecular weight is 657 g/mol. The molecule has 0 saturated heterocycles. The Morgan fingerprint density at radius 3 is 2.06 bits per heavy atom. The van der Waals surface area contributed by atoms with Crippen LogP contribution < -0.4 is 4.90 Å². The van der Waals surface area contributed by atoms with Crippen LogP contribution in [0.3, 0.4) is 0 Å². The quantitative estimate of drug-likeness (QED) is 0.183. The van der Waals surface area contributed by atoms with Gasteiger partial charge in [-0.15, -0.1) is 0 Å². The van der Waals surface area contributed by atoms with Crippen LogP contribution >= 0.6 is 0 Å². The molecule has 2 bridgehead atoms. The van der Waals surface area contributed by atoms with E-state index in [0.29, 0.717) is 0 Å². The average Bonchev–Trinajstić information content (AvgIpc) is 3.45. The summed E-state index contributed by atoms with van der Waals surface area (Å²) in [6.45, 7) is 9.48. The van der Waals surface area contributed by atoms with Gasteiger partial charge in [0.1, 0.15) is 0 Å². The lowest BCUT2D eigenvalue weighted by Crippen LogP contribution is -2.26. The molecule has 246 valence electrons. The summed E-state index contributed by atoms with van der Waals surface area (Å²) in [6.07, 6.45) is 11.5. The number of rotatable bonds is 4.